The van der Waals surface area contributed by atoms with Gasteiger partial charge in [-0.05, 0) is 19.3 Å². The first-order valence-corrected chi connectivity index (χ1v) is 17.6. The van der Waals surface area contributed by atoms with Gasteiger partial charge in [0.15, 0.2) is 0 Å². The number of carbonyl (C=O) groups is 2. The first-order valence-electron chi connectivity index (χ1n) is 17.6. The summed E-state index contributed by atoms with van der Waals surface area (Å²) in [7, 11) is 1.71. The molecule has 0 aromatic carbocycles. The van der Waals surface area contributed by atoms with Gasteiger partial charge in [-0.2, -0.15) is 0 Å². The van der Waals surface area contributed by atoms with Crippen LogP contribution in [0.4, 0.5) is 0 Å². The molecule has 0 atom stereocenters. The molecule has 0 aliphatic carbocycles. The van der Waals surface area contributed by atoms with Crippen molar-refractivity contribution in [2.75, 3.05) is 13.6 Å². The Morgan fingerprint density at radius 1 is 0.385 bits per heavy atom. The van der Waals surface area contributed by atoms with Crippen molar-refractivity contribution in [2.45, 2.75) is 201 Å². The Bertz CT molecular complexity index is 481. The van der Waals surface area contributed by atoms with E-state index >= 15 is 0 Å². The van der Waals surface area contributed by atoms with Crippen molar-refractivity contribution in [3.05, 3.63) is 0 Å². The second-order valence-electron chi connectivity index (χ2n) is 11.7. The number of rotatable bonds is 29. The van der Waals surface area contributed by atoms with E-state index in [2.05, 4.69) is 31.4 Å². The minimum atomic E-state index is 0.181. The number of amides is 2. The standard InChI is InChI=1S/C20H41NO.C15H31NO/c1-3-5-7-8-9-10-11-12-13-14-15-16-17-18-20(22)21-19-6-4-2;1-3-4-5-6-7-8-9-10-11-12-13-14-15(17)16-2/h3-19H2,1-2H3,(H,21,22);3-14H2,1-2H3,(H,16,17). The molecule has 0 unspecified atom stereocenters. The smallest absolute Gasteiger partial charge is 0.219 e. The van der Waals surface area contributed by atoms with Gasteiger partial charge in [-0.15, -0.1) is 0 Å². The summed E-state index contributed by atoms with van der Waals surface area (Å²) >= 11 is 0. The molecule has 0 rings (SSSR count). The van der Waals surface area contributed by atoms with E-state index < -0.39 is 0 Å². The van der Waals surface area contributed by atoms with Crippen LogP contribution in [0.5, 0.6) is 0 Å². The summed E-state index contributed by atoms with van der Waals surface area (Å²) in [6.45, 7) is 7.55. The van der Waals surface area contributed by atoms with Crippen LogP contribution in [-0.2, 0) is 9.59 Å². The fraction of sp³-hybridized carbons (Fsp3) is 0.943. The van der Waals surface area contributed by atoms with Crippen LogP contribution in [0.15, 0.2) is 0 Å². The molecule has 234 valence electrons. The lowest BCUT2D eigenvalue weighted by Crippen LogP contribution is -2.23. The average Bonchev–Trinajstić information content (AvgIpc) is 2.94. The molecular weight excluding hydrogens is 480 g/mol. The van der Waals surface area contributed by atoms with E-state index in [0.717, 1.165) is 38.6 Å². The third-order valence-electron chi connectivity index (χ3n) is 7.65. The second kappa shape index (κ2) is 36.9. The molecule has 4 nitrogen and oxygen atoms in total. The fourth-order valence-electron chi connectivity index (χ4n) is 4.87. The van der Waals surface area contributed by atoms with Gasteiger partial charge in [0.1, 0.15) is 0 Å². The lowest BCUT2D eigenvalue weighted by atomic mass is 10.0. The van der Waals surface area contributed by atoms with Gasteiger partial charge in [0.25, 0.3) is 0 Å². The Balaban J connectivity index is 0. The van der Waals surface area contributed by atoms with Crippen molar-refractivity contribution < 1.29 is 9.59 Å². The maximum absolute atomic E-state index is 11.5. The number of unbranched alkanes of at least 4 members (excludes halogenated alkanes) is 23. The van der Waals surface area contributed by atoms with Crippen LogP contribution in [0.3, 0.4) is 0 Å². The van der Waals surface area contributed by atoms with Gasteiger partial charge >= 0.3 is 0 Å². The Hall–Kier alpha value is -1.06. The van der Waals surface area contributed by atoms with Crippen LogP contribution in [0.1, 0.15) is 201 Å². The van der Waals surface area contributed by atoms with E-state index in [9.17, 15) is 9.59 Å². The summed E-state index contributed by atoms with van der Waals surface area (Å²) in [6.07, 6.45) is 36.0. The molecule has 0 aliphatic rings. The van der Waals surface area contributed by atoms with Crippen LogP contribution in [-0.4, -0.2) is 25.4 Å². The summed E-state index contributed by atoms with van der Waals surface area (Å²) in [5, 5.41) is 5.65. The summed E-state index contributed by atoms with van der Waals surface area (Å²) in [6, 6.07) is 0. The van der Waals surface area contributed by atoms with Gasteiger partial charge in [0.2, 0.25) is 11.8 Å². The van der Waals surface area contributed by atoms with Crippen LogP contribution >= 0.6 is 0 Å². The maximum Gasteiger partial charge on any atom is 0.219 e. The van der Waals surface area contributed by atoms with Crippen LogP contribution in [0.2, 0.25) is 0 Å². The van der Waals surface area contributed by atoms with Crippen molar-refractivity contribution in [3.8, 4) is 0 Å². The Morgan fingerprint density at radius 2 is 0.667 bits per heavy atom. The van der Waals surface area contributed by atoms with Gasteiger partial charge in [-0.3, -0.25) is 9.59 Å². The highest BCUT2D eigenvalue weighted by atomic mass is 16.2. The largest absolute Gasteiger partial charge is 0.359 e. The average molecular weight is 553 g/mol. The first kappa shape index (κ1) is 40.1. The van der Waals surface area contributed by atoms with Gasteiger partial charge in [-0.25, -0.2) is 0 Å². The van der Waals surface area contributed by atoms with Crippen LogP contribution in [0, 0.1) is 0 Å². The molecule has 0 spiro atoms. The third-order valence-corrected chi connectivity index (χ3v) is 7.65. The van der Waals surface area contributed by atoms with Crippen molar-refractivity contribution >= 4 is 11.8 Å². The summed E-state index contributed by atoms with van der Waals surface area (Å²) < 4.78 is 0. The number of carbonyl (C=O) groups excluding carboxylic acids is 2. The SMILES string of the molecule is CCCCCCCCCCCCCC(=O)NC.CCCCCCCCCCCCCCCC(=O)NCCCC. The van der Waals surface area contributed by atoms with E-state index in [1.54, 1.807) is 7.05 Å². The molecule has 39 heavy (non-hydrogen) atoms. The second-order valence-corrected chi connectivity index (χ2v) is 11.7. The molecule has 0 heterocycles. The summed E-state index contributed by atoms with van der Waals surface area (Å²) in [5.41, 5.74) is 0. The lowest BCUT2D eigenvalue weighted by Gasteiger charge is -2.04. The molecule has 0 fully saturated rings. The quantitative estimate of drug-likeness (QED) is 0.0906. The van der Waals surface area contributed by atoms with Crippen molar-refractivity contribution in [1.82, 2.24) is 10.6 Å². The zero-order chi connectivity index (χ0) is 29.1. The van der Waals surface area contributed by atoms with Gasteiger partial charge in [-0.1, -0.05) is 168 Å². The minimum absolute atomic E-state index is 0.181. The highest BCUT2D eigenvalue weighted by Gasteiger charge is 2.00. The molecule has 0 bridgehead atoms. The van der Waals surface area contributed by atoms with Gasteiger partial charge < -0.3 is 10.6 Å². The fourth-order valence-corrected chi connectivity index (χ4v) is 4.87. The lowest BCUT2D eigenvalue weighted by molar-refractivity contribution is -0.121. The first-order chi connectivity index (χ1) is 19.1. The zero-order valence-corrected chi connectivity index (χ0v) is 27.3. The van der Waals surface area contributed by atoms with Gasteiger partial charge in [0.05, 0.1) is 0 Å². The van der Waals surface area contributed by atoms with Gasteiger partial charge in [0, 0.05) is 26.4 Å². The molecule has 0 saturated carbocycles. The van der Waals surface area contributed by atoms with Crippen molar-refractivity contribution in [3.63, 3.8) is 0 Å². The molecule has 0 saturated heterocycles. The molecule has 0 aromatic heterocycles. The Labute approximate surface area is 246 Å². The highest BCUT2D eigenvalue weighted by molar-refractivity contribution is 5.75. The molecule has 0 radical (unpaired) electrons. The Morgan fingerprint density at radius 3 is 0.974 bits per heavy atom. The van der Waals surface area contributed by atoms with Crippen molar-refractivity contribution in [2.24, 2.45) is 0 Å². The Kier molecular flexibility index (Phi) is 38.0. The van der Waals surface area contributed by atoms with E-state index in [4.69, 9.17) is 0 Å². The third kappa shape index (κ3) is 39.1. The summed E-state index contributed by atoms with van der Waals surface area (Å²) in [4.78, 5) is 22.5. The number of hydrogen-bond acceptors (Lipinski definition) is 2. The number of nitrogens with one attached hydrogen (secondary N) is 2. The topological polar surface area (TPSA) is 58.2 Å². The predicted octanol–water partition coefficient (Wildman–Crippen LogP) is 10.8. The van der Waals surface area contributed by atoms with E-state index in [1.165, 1.54) is 141 Å². The summed E-state index contributed by atoms with van der Waals surface area (Å²) in [5.74, 6) is 0.428. The van der Waals surface area contributed by atoms with E-state index in [1.807, 2.05) is 0 Å². The maximum atomic E-state index is 11.5. The predicted molar refractivity (Wildman–Crippen MR) is 173 cm³/mol. The normalized spacial score (nSPS) is 10.7. The van der Waals surface area contributed by atoms with Crippen molar-refractivity contribution in [1.29, 1.82) is 0 Å². The number of hydrogen-bond donors (Lipinski definition) is 2. The molecule has 4 heteroatoms. The van der Waals surface area contributed by atoms with Crippen LogP contribution < -0.4 is 10.6 Å². The van der Waals surface area contributed by atoms with E-state index in [0.29, 0.717) is 6.42 Å². The molecular formula is C35H72N2O2. The minimum Gasteiger partial charge on any atom is -0.359 e. The molecule has 0 aliphatic heterocycles. The monoisotopic (exact) mass is 553 g/mol. The molecule has 2 amide bonds. The molecule has 2 N–H and O–H groups in total. The highest BCUT2D eigenvalue weighted by Crippen LogP contribution is 2.13. The van der Waals surface area contributed by atoms with E-state index in [-0.39, 0.29) is 11.8 Å². The molecule has 0 aromatic rings. The zero-order valence-electron chi connectivity index (χ0n) is 27.3. The van der Waals surface area contributed by atoms with Crippen LogP contribution in [0.25, 0.3) is 0 Å².